The Bertz CT molecular complexity index is 494. The van der Waals surface area contributed by atoms with Crippen molar-refractivity contribution in [1.29, 1.82) is 0 Å². The SMILES string of the molecule is Cl.c1cc2c(cc1CCN1CCC3CCC(C1)N3)CCO2. The summed E-state index contributed by atoms with van der Waals surface area (Å²) in [6.07, 6.45) is 6.35. The molecular weight excluding hydrogens is 284 g/mol. The molecule has 1 N–H and O–H groups in total. The van der Waals surface area contributed by atoms with E-state index in [4.69, 9.17) is 4.74 Å². The van der Waals surface area contributed by atoms with Crippen LogP contribution in [0.25, 0.3) is 0 Å². The Morgan fingerprint density at radius 3 is 3.05 bits per heavy atom. The van der Waals surface area contributed by atoms with Gasteiger partial charge in [-0.15, -0.1) is 12.4 Å². The van der Waals surface area contributed by atoms with E-state index in [-0.39, 0.29) is 12.4 Å². The van der Waals surface area contributed by atoms with Crippen LogP contribution >= 0.6 is 12.4 Å². The van der Waals surface area contributed by atoms with Crippen LogP contribution in [0.15, 0.2) is 18.2 Å². The topological polar surface area (TPSA) is 24.5 Å². The summed E-state index contributed by atoms with van der Waals surface area (Å²) in [4.78, 5) is 2.65. The Hall–Kier alpha value is -0.770. The van der Waals surface area contributed by atoms with E-state index in [1.807, 2.05) is 0 Å². The molecule has 2 bridgehead atoms. The van der Waals surface area contributed by atoms with Crippen molar-refractivity contribution in [2.45, 2.75) is 44.2 Å². The largest absolute Gasteiger partial charge is 0.493 e. The zero-order valence-electron chi connectivity index (χ0n) is 12.5. The van der Waals surface area contributed by atoms with Crippen LogP contribution in [0.5, 0.6) is 5.75 Å². The quantitative estimate of drug-likeness (QED) is 0.928. The molecule has 2 atom stereocenters. The van der Waals surface area contributed by atoms with Crippen molar-refractivity contribution in [2.75, 3.05) is 26.2 Å². The van der Waals surface area contributed by atoms with Gasteiger partial charge in [0.2, 0.25) is 0 Å². The lowest BCUT2D eigenvalue weighted by atomic mass is 10.0. The number of ether oxygens (including phenoxy) is 1. The summed E-state index contributed by atoms with van der Waals surface area (Å²) in [6.45, 7) is 4.57. The Morgan fingerprint density at radius 1 is 1.19 bits per heavy atom. The summed E-state index contributed by atoms with van der Waals surface area (Å²) in [5, 5.41) is 3.76. The maximum atomic E-state index is 5.58. The van der Waals surface area contributed by atoms with Gasteiger partial charge in [-0.3, -0.25) is 0 Å². The minimum Gasteiger partial charge on any atom is -0.493 e. The third-order valence-electron chi connectivity index (χ3n) is 5.08. The molecule has 4 heteroatoms. The summed E-state index contributed by atoms with van der Waals surface area (Å²) in [5.41, 5.74) is 2.87. The van der Waals surface area contributed by atoms with Crippen molar-refractivity contribution in [2.24, 2.45) is 0 Å². The second-order valence-corrected chi connectivity index (χ2v) is 6.52. The van der Waals surface area contributed by atoms with Gasteiger partial charge in [0, 0.05) is 31.6 Å². The molecule has 2 unspecified atom stereocenters. The fourth-order valence-corrected chi connectivity index (χ4v) is 3.90. The first-order valence-electron chi connectivity index (χ1n) is 8.10. The first-order valence-corrected chi connectivity index (χ1v) is 8.10. The number of nitrogens with zero attached hydrogens (tertiary/aromatic N) is 1. The van der Waals surface area contributed by atoms with Crippen LogP contribution in [0.1, 0.15) is 30.4 Å². The molecule has 116 valence electrons. The lowest BCUT2D eigenvalue weighted by Gasteiger charge is -2.23. The van der Waals surface area contributed by atoms with Crippen LogP contribution < -0.4 is 10.1 Å². The summed E-state index contributed by atoms with van der Waals surface area (Å²) >= 11 is 0. The molecule has 0 amide bonds. The lowest BCUT2D eigenvalue weighted by Crippen LogP contribution is -2.36. The number of benzene rings is 1. The molecule has 2 saturated heterocycles. The van der Waals surface area contributed by atoms with Gasteiger partial charge < -0.3 is 15.0 Å². The van der Waals surface area contributed by atoms with Gasteiger partial charge in [0.1, 0.15) is 5.75 Å². The molecule has 1 aromatic carbocycles. The minimum absolute atomic E-state index is 0. The van der Waals surface area contributed by atoms with E-state index in [1.54, 1.807) is 0 Å². The van der Waals surface area contributed by atoms with Crippen LogP contribution in [0.2, 0.25) is 0 Å². The van der Waals surface area contributed by atoms with Gasteiger partial charge in [-0.25, -0.2) is 0 Å². The first kappa shape index (κ1) is 15.1. The van der Waals surface area contributed by atoms with Gasteiger partial charge in [-0.1, -0.05) is 12.1 Å². The average Bonchev–Trinajstić information content (AvgIpc) is 3.03. The van der Waals surface area contributed by atoms with E-state index in [0.717, 1.165) is 30.9 Å². The molecule has 0 saturated carbocycles. The van der Waals surface area contributed by atoms with Crippen molar-refractivity contribution in [1.82, 2.24) is 10.2 Å². The molecular formula is C17H25ClN2O. The van der Waals surface area contributed by atoms with Crippen molar-refractivity contribution in [3.63, 3.8) is 0 Å². The number of rotatable bonds is 3. The molecule has 3 aliphatic heterocycles. The van der Waals surface area contributed by atoms with Gasteiger partial charge in [0.05, 0.1) is 6.61 Å². The molecule has 0 spiro atoms. The molecule has 21 heavy (non-hydrogen) atoms. The fraction of sp³-hybridized carbons (Fsp3) is 0.647. The lowest BCUT2D eigenvalue weighted by molar-refractivity contribution is 0.262. The second kappa shape index (κ2) is 6.55. The third kappa shape index (κ3) is 3.36. The maximum absolute atomic E-state index is 5.58. The summed E-state index contributed by atoms with van der Waals surface area (Å²) in [5.74, 6) is 1.10. The number of halogens is 1. The van der Waals surface area contributed by atoms with E-state index in [0.29, 0.717) is 0 Å². The van der Waals surface area contributed by atoms with E-state index < -0.39 is 0 Å². The molecule has 0 aromatic heterocycles. The van der Waals surface area contributed by atoms with Crippen LogP contribution in [0.4, 0.5) is 0 Å². The number of fused-ring (bicyclic) bond motifs is 3. The van der Waals surface area contributed by atoms with Gasteiger partial charge in [-0.2, -0.15) is 0 Å². The highest BCUT2D eigenvalue weighted by Crippen LogP contribution is 2.26. The van der Waals surface area contributed by atoms with Crippen molar-refractivity contribution >= 4 is 12.4 Å². The molecule has 0 radical (unpaired) electrons. The van der Waals surface area contributed by atoms with Crippen LogP contribution in [-0.4, -0.2) is 43.2 Å². The zero-order chi connectivity index (χ0) is 13.4. The maximum Gasteiger partial charge on any atom is 0.122 e. The van der Waals surface area contributed by atoms with Gasteiger partial charge in [0.25, 0.3) is 0 Å². The monoisotopic (exact) mass is 308 g/mol. The molecule has 3 heterocycles. The summed E-state index contributed by atoms with van der Waals surface area (Å²) in [6, 6.07) is 8.29. The second-order valence-electron chi connectivity index (χ2n) is 6.52. The zero-order valence-corrected chi connectivity index (χ0v) is 13.3. The fourth-order valence-electron chi connectivity index (χ4n) is 3.90. The Morgan fingerprint density at radius 2 is 2.10 bits per heavy atom. The minimum atomic E-state index is 0. The van der Waals surface area contributed by atoms with Gasteiger partial charge >= 0.3 is 0 Å². The average molecular weight is 309 g/mol. The molecule has 3 nitrogen and oxygen atoms in total. The Kier molecular flexibility index (Phi) is 4.72. The van der Waals surface area contributed by atoms with Crippen molar-refractivity contribution in [3.05, 3.63) is 29.3 Å². The van der Waals surface area contributed by atoms with E-state index >= 15 is 0 Å². The highest BCUT2D eigenvalue weighted by Gasteiger charge is 2.28. The molecule has 0 aliphatic carbocycles. The van der Waals surface area contributed by atoms with E-state index in [2.05, 4.69) is 28.4 Å². The van der Waals surface area contributed by atoms with Crippen molar-refractivity contribution in [3.8, 4) is 5.75 Å². The van der Waals surface area contributed by atoms with Gasteiger partial charge in [-0.05, 0) is 49.4 Å². The number of nitrogens with one attached hydrogen (secondary N) is 1. The Balaban J connectivity index is 0.00000132. The summed E-state index contributed by atoms with van der Waals surface area (Å²) in [7, 11) is 0. The molecule has 3 aliphatic rings. The molecule has 4 rings (SSSR count). The van der Waals surface area contributed by atoms with Crippen LogP contribution in [0.3, 0.4) is 0 Å². The molecule has 1 aromatic rings. The standard InChI is InChI=1S/C17H24N2O.ClH/c1-4-17-14(7-10-20-17)11-13(1)5-8-19-9-6-15-2-3-16(12-19)18-15;/h1,4,11,15-16,18H,2-3,5-10,12H2;1H. The molecule has 2 fully saturated rings. The van der Waals surface area contributed by atoms with Crippen LogP contribution in [-0.2, 0) is 12.8 Å². The summed E-state index contributed by atoms with van der Waals surface area (Å²) < 4.78 is 5.58. The first-order chi connectivity index (χ1) is 9.87. The smallest absolute Gasteiger partial charge is 0.122 e. The third-order valence-corrected chi connectivity index (χ3v) is 5.08. The van der Waals surface area contributed by atoms with E-state index in [9.17, 15) is 0 Å². The van der Waals surface area contributed by atoms with Gasteiger partial charge in [0.15, 0.2) is 0 Å². The van der Waals surface area contributed by atoms with E-state index in [1.165, 1.54) is 56.4 Å². The van der Waals surface area contributed by atoms with Crippen LogP contribution in [0, 0.1) is 0 Å². The highest BCUT2D eigenvalue weighted by molar-refractivity contribution is 5.85. The normalized spacial score (nSPS) is 27.6. The van der Waals surface area contributed by atoms with Crippen molar-refractivity contribution < 1.29 is 4.74 Å². The Labute approximate surface area is 133 Å². The number of likely N-dealkylation sites (tertiary alicyclic amines) is 1. The number of hydrogen-bond acceptors (Lipinski definition) is 3. The highest BCUT2D eigenvalue weighted by atomic mass is 35.5. The predicted octanol–water partition coefficient (Wildman–Crippen LogP) is 2.41. The number of hydrogen-bond donors (Lipinski definition) is 1. The predicted molar refractivity (Wildman–Crippen MR) is 87.6 cm³/mol.